The van der Waals surface area contributed by atoms with Gasteiger partial charge in [0.2, 0.25) is 0 Å². The molecule has 0 saturated carbocycles. The zero-order chi connectivity index (χ0) is 15.8. The number of carbonyl (C=O) groups is 1. The minimum atomic E-state index is -0.111. The van der Waals surface area contributed by atoms with Crippen molar-refractivity contribution < 1.29 is 14.3 Å². The molecule has 1 N–H and O–H groups in total. The van der Waals surface area contributed by atoms with Gasteiger partial charge in [-0.3, -0.25) is 0 Å². The number of hydrogen-bond donors (Lipinski definition) is 1. The third-order valence-corrected chi connectivity index (χ3v) is 3.76. The summed E-state index contributed by atoms with van der Waals surface area (Å²) in [6.07, 6.45) is 2.01. The maximum atomic E-state index is 12.3. The highest BCUT2D eigenvalue weighted by molar-refractivity contribution is 6.30. The van der Waals surface area contributed by atoms with Crippen molar-refractivity contribution in [3.05, 3.63) is 29.3 Å². The molecule has 0 radical (unpaired) electrons. The first-order valence-electron chi connectivity index (χ1n) is 7.70. The van der Waals surface area contributed by atoms with E-state index in [1.807, 2.05) is 19.1 Å². The summed E-state index contributed by atoms with van der Waals surface area (Å²) >= 11 is 5.92. The van der Waals surface area contributed by atoms with E-state index >= 15 is 0 Å². The Morgan fingerprint density at radius 2 is 2.32 bits per heavy atom. The topological polar surface area (TPSA) is 50.8 Å². The van der Waals surface area contributed by atoms with E-state index in [2.05, 4.69) is 5.32 Å². The van der Waals surface area contributed by atoms with Gasteiger partial charge >= 0.3 is 6.03 Å². The second-order valence-electron chi connectivity index (χ2n) is 5.22. The summed E-state index contributed by atoms with van der Waals surface area (Å²) in [6, 6.07) is 7.04. The first-order chi connectivity index (χ1) is 10.7. The standard InChI is InChI=1S/C16H23ClN2O3/c1-2-21-9-10-22-15-7-4-8-19(12-15)16(20)18-14-6-3-5-13(17)11-14/h3,5-6,11,15H,2,4,7-10,12H2,1H3,(H,18,20). The van der Waals surface area contributed by atoms with Crippen molar-refractivity contribution in [3.8, 4) is 0 Å². The van der Waals surface area contributed by atoms with Crippen LogP contribution in [-0.4, -0.2) is 49.9 Å². The molecule has 1 aliphatic heterocycles. The van der Waals surface area contributed by atoms with Crippen molar-refractivity contribution in [2.24, 2.45) is 0 Å². The summed E-state index contributed by atoms with van der Waals surface area (Å²) in [5.41, 5.74) is 0.705. The second-order valence-corrected chi connectivity index (χ2v) is 5.65. The van der Waals surface area contributed by atoms with Gasteiger partial charge in [-0.2, -0.15) is 0 Å². The fourth-order valence-corrected chi connectivity index (χ4v) is 2.64. The summed E-state index contributed by atoms with van der Waals surface area (Å²) in [6.45, 7) is 5.19. The zero-order valence-electron chi connectivity index (χ0n) is 12.9. The molecule has 0 aliphatic carbocycles. The first-order valence-corrected chi connectivity index (χ1v) is 8.07. The highest BCUT2D eigenvalue weighted by Gasteiger charge is 2.24. The van der Waals surface area contributed by atoms with Crippen LogP contribution in [0.5, 0.6) is 0 Å². The molecule has 0 bridgehead atoms. The molecular formula is C16H23ClN2O3. The van der Waals surface area contributed by atoms with Gasteiger partial charge in [0.15, 0.2) is 0 Å². The van der Waals surface area contributed by atoms with E-state index in [4.69, 9.17) is 21.1 Å². The van der Waals surface area contributed by atoms with Gasteiger partial charge in [0.25, 0.3) is 0 Å². The molecule has 122 valence electrons. The number of likely N-dealkylation sites (tertiary alicyclic amines) is 1. The van der Waals surface area contributed by atoms with Crippen LogP contribution in [0, 0.1) is 0 Å². The van der Waals surface area contributed by atoms with Crippen LogP contribution in [-0.2, 0) is 9.47 Å². The highest BCUT2D eigenvalue weighted by Crippen LogP contribution is 2.18. The number of amides is 2. The molecule has 6 heteroatoms. The van der Waals surface area contributed by atoms with Crippen molar-refractivity contribution in [2.45, 2.75) is 25.9 Å². The summed E-state index contributed by atoms with van der Waals surface area (Å²) in [5, 5.41) is 3.48. The fourth-order valence-electron chi connectivity index (χ4n) is 2.45. The molecule has 1 aromatic carbocycles. The van der Waals surface area contributed by atoms with Crippen LogP contribution >= 0.6 is 11.6 Å². The Labute approximate surface area is 136 Å². The van der Waals surface area contributed by atoms with Gasteiger partial charge in [0.1, 0.15) is 0 Å². The zero-order valence-corrected chi connectivity index (χ0v) is 13.6. The number of nitrogens with zero attached hydrogens (tertiary/aromatic N) is 1. The summed E-state index contributed by atoms with van der Waals surface area (Å²) < 4.78 is 11.0. The summed E-state index contributed by atoms with van der Waals surface area (Å²) in [5.74, 6) is 0. The second kappa shape index (κ2) is 8.98. The van der Waals surface area contributed by atoms with Crippen molar-refractivity contribution in [2.75, 3.05) is 38.2 Å². The van der Waals surface area contributed by atoms with Crippen molar-refractivity contribution in [1.82, 2.24) is 4.90 Å². The van der Waals surface area contributed by atoms with Crippen LogP contribution in [0.4, 0.5) is 10.5 Å². The molecule has 1 fully saturated rings. The molecule has 2 rings (SSSR count). The van der Waals surface area contributed by atoms with E-state index in [0.717, 1.165) is 19.4 Å². The molecule has 1 saturated heterocycles. The third kappa shape index (κ3) is 5.48. The Morgan fingerprint density at radius 3 is 3.09 bits per heavy atom. The van der Waals surface area contributed by atoms with Crippen molar-refractivity contribution >= 4 is 23.3 Å². The number of urea groups is 1. The Kier molecular flexibility index (Phi) is 6.96. The number of rotatable bonds is 6. The lowest BCUT2D eigenvalue weighted by molar-refractivity contribution is -0.0181. The Morgan fingerprint density at radius 1 is 1.45 bits per heavy atom. The Bertz CT molecular complexity index is 484. The minimum absolute atomic E-state index is 0.0827. The molecule has 1 unspecified atom stereocenters. The van der Waals surface area contributed by atoms with Crippen LogP contribution < -0.4 is 5.32 Å². The van der Waals surface area contributed by atoms with Gasteiger partial charge in [-0.15, -0.1) is 0 Å². The van der Waals surface area contributed by atoms with Crippen LogP contribution in [0.2, 0.25) is 5.02 Å². The van der Waals surface area contributed by atoms with E-state index < -0.39 is 0 Å². The normalized spacial score (nSPS) is 18.3. The number of nitrogens with one attached hydrogen (secondary N) is 1. The largest absolute Gasteiger partial charge is 0.379 e. The Balaban J connectivity index is 1.79. The van der Waals surface area contributed by atoms with Gasteiger partial charge in [-0.05, 0) is 38.0 Å². The number of ether oxygens (including phenoxy) is 2. The van der Waals surface area contributed by atoms with Gasteiger partial charge in [-0.25, -0.2) is 4.79 Å². The number of halogens is 1. The van der Waals surface area contributed by atoms with E-state index in [1.54, 1.807) is 17.0 Å². The molecule has 0 aromatic heterocycles. The predicted octanol–water partition coefficient (Wildman–Crippen LogP) is 3.39. The molecule has 1 heterocycles. The smallest absolute Gasteiger partial charge is 0.321 e. The maximum Gasteiger partial charge on any atom is 0.321 e. The molecule has 0 spiro atoms. The SMILES string of the molecule is CCOCCOC1CCCN(C(=O)Nc2cccc(Cl)c2)C1. The maximum absolute atomic E-state index is 12.3. The Hall–Kier alpha value is -1.30. The van der Waals surface area contributed by atoms with E-state index in [-0.39, 0.29) is 12.1 Å². The summed E-state index contributed by atoms with van der Waals surface area (Å²) in [7, 11) is 0. The number of carbonyl (C=O) groups excluding carboxylic acids is 1. The number of hydrogen-bond acceptors (Lipinski definition) is 3. The van der Waals surface area contributed by atoms with Crippen LogP contribution in [0.15, 0.2) is 24.3 Å². The van der Waals surface area contributed by atoms with Crippen molar-refractivity contribution in [1.29, 1.82) is 0 Å². The van der Waals surface area contributed by atoms with Gasteiger partial charge in [0, 0.05) is 30.4 Å². The lowest BCUT2D eigenvalue weighted by Crippen LogP contribution is -2.45. The monoisotopic (exact) mass is 326 g/mol. The molecule has 5 nitrogen and oxygen atoms in total. The average molecular weight is 327 g/mol. The quantitative estimate of drug-likeness (QED) is 0.815. The molecule has 1 aromatic rings. The van der Waals surface area contributed by atoms with Gasteiger partial charge in [-0.1, -0.05) is 17.7 Å². The fraction of sp³-hybridized carbons (Fsp3) is 0.562. The molecular weight excluding hydrogens is 304 g/mol. The number of anilines is 1. The molecule has 2 amide bonds. The molecule has 22 heavy (non-hydrogen) atoms. The van der Waals surface area contributed by atoms with Crippen LogP contribution in [0.3, 0.4) is 0 Å². The highest BCUT2D eigenvalue weighted by atomic mass is 35.5. The van der Waals surface area contributed by atoms with Crippen LogP contribution in [0.25, 0.3) is 0 Å². The summed E-state index contributed by atoms with van der Waals surface area (Å²) in [4.78, 5) is 14.1. The van der Waals surface area contributed by atoms with Crippen molar-refractivity contribution in [3.63, 3.8) is 0 Å². The van der Waals surface area contributed by atoms with E-state index in [1.165, 1.54) is 0 Å². The lowest BCUT2D eigenvalue weighted by Gasteiger charge is -2.32. The minimum Gasteiger partial charge on any atom is -0.379 e. The average Bonchev–Trinajstić information content (AvgIpc) is 2.52. The lowest BCUT2D eigenvalue weighted by atomic mass is 10.1. The molecule has 1 aliphatic rings. The van der Waals surface area contributed by atoms with Gasteiger partial charge < -0.3 is 19.7 Å². The van der Waals surface area contributed by atoms with E-state index in [9.17, 15) is 4.79 Å². The third-order valence-electron chi connectivity index (χ3n) is 3.53. The predicted molar refractivity (Wildman–Crippen MR) is 87.5 cm³/mol. The number of piperidine rings is 1. The van der Waals surface area contributed by atoms with Crippen LogP contribution in [0.1, 0.15) is 19.8 Å². The first kappa shape index (κ1) is 17.1. The van der Waals surface area contributed by atoms with E-state index in [0.29, 0.717) is 37.1 Å². The number of benzene rings is 1. The molecule has 1 atom stereocenters. The van der Waals surface area contributed by atoms with Gasteiger partial charge in [0.05, 0.1) is 19.3 Å².